The number of esters is 1. The molecule has 1 heterocycles. The standard InChI is InChI=1S/C8H13N3O2/c1-5(2)6(9)7(12)13-8-10-3-4-11-8/h3-6H,9H2,1-2H3,(H,10,11)/t6-/m0/s1. The van der Waals surface area contributed by atoms with Crippen LogP contribution in [-0.2, 0) is 4.79 Å². The van der Waals surface area contributed by atoms with Gasteiger partial charge in [-0.3, -0.25) is 0 Å². The van der Waals surface area contributed by atoms with Gasteiger partial charge in [0.15, 0.2) is 0 Å². The average molecular weight is 183 g/mol. The Morgan fingerprint density at radius 2 is 2.38 bits per heavy atom. The number of rotatable bonds is 3. The smallest absolute Gasteiger partial charge is 0.330 e. The van der Waals surface area contributed by atoms with Crippen molar-refractivity contribution in [3.8, 4) is 6.01 Å². The Bertz CT molecular complexity index is 269. The molecule has 0 aliphatic heterocycles. The second-order valence-electron chi connectivity index (χ2n) is 3.09. The molecule has 5 heteroatoms. The van der Waals surface area contributed by atoms with Gasteiger partial charge < -0.3 is 15.5 Å². The van der Waals surface area contributed by atoms with E-state index in [0.29, 0.717) is 0 Å². The van der Waals surface area contributed by atoms with E-state index in [4.69, 9.17) is 10.5 Å². The number of ether oxygens (including phenoxy) is 1. The van der Waals surface area contributed by atoms with Crippen LogP contribution in [0, 0.1) is 5.92 Å². The van der Waals surface area contributed by atoms with Gasteiger partial charge in [-0.1, -0.05) is 13.8 Å². The molecule has 0 saturated carbocycles. The van der Waals surface area contributed by atoms with Gasteiger partial charge in [0, 0.05) is 12.4 Å². The molecule has 72 valence electrons. The van der Waals surface area contributed by atoms with E-state index in [0.717, 1.165) is 0 Å². The van der Waals surface area contributed by atoms with Crippen molar-refractivity contribution >= 4 is 5.97 Å². The van der Waals surface area contributed by atoms with E-state index < -0.39 is 12.0 Å². The average Bonchev–Trinajstić information content (AvgIpc) is 2.55. The fraction of sp³-hybridized carbons (Fsp3) is 0.500. The summed E-state index contributed by atoms with van der Waals surface area (Å²) >= 11 is 0. The number of nitrogens with zero attached hydrogens (tertiary/aromatic N) is 1. The van der Waals surface area contributed by atoms with Gasteiger partial charge in [0.1, 0.15) is 6.04 Å². The zero-order valence-electron chi connectivity index (χ0n) is 7.65. The van der Waals surface area contributed by atoms with Crippen LogP contribution in [0.4, 0.5) is 0 Å². The molecule has 5 nitrogen and oxygen atoms in total. The van der Waals surface area contributed by atoms with Crippen molar-refractivity contribution in [2.75, 3.05) is 0 Å². The van der Waals surface area contributed by atoms with Crippen molar-refractivity contribution in [2.45, 2.75) is 19.9 Å². The van der Waals surface area contributed by atoms with Crippen LogP contribution in [0.15, 0.2) is 12.4 Å². The molecule has 1 atom stereocenters. The molecule has 3 N–H and O–H groups in total. The van der Waals surface area contributed by atoms with Crippen molar-refractivity contribution < 1.29 is 9.53 Å². The number of nitrogens with two attached hydrogens (primary N) is 1. The van der Waals surface area contributed by atoms with Gasteiger partial charge in [0.05, 0.1) is 0 Å². The Hall–Kier alpha value is -1.36. The number of H-pyrrole nitrogens is 1. The zero-order valence-corrected chi connectivity index (χ0v) is 7.65. The van der Waals surface area contributed by atoms with Gasteiger partial charge in [-0.2, -0.15) is 0 Å². The Balaban J connectivity index is 2.51. The fourth-order valence-electron chi connectivity index (χ4n) is 0.742. The summed E-state index contributed by atoms with van der Waals surface area (Å²) in [5.41, 5.74) is 5.56. The molecule has 0 saturated heterocycles. The molecule has 1 aromatic heterocycles. The highest BCUT2D eigenvalue weighted by Crippen LogP contribution is 2.04. The molecule has 0 radical (unpaired) electrons. The van der Waals surface area contributed by atoms with E-state index in [9.17, 15) is 4.79 Å². The maximum Gasteiger partial charge on any atom is 0.330 e. The van der Waals surface area contributed by atoms with Gasteiger partial charge in [0.2, 0.25) is 0 Å². The summed E-state index contributed by atoms with van der Waals surface area (Å²) in [6.07, 6.45) is 3.08. The van der Waals surface area contributed by atoms with Crippen molar-refractivity contribution in [3.63, 3.8) is 0 Å². The van der Waals surface area contributed by atoms with E-state index >= 15 is 0 Å². The number of hydrogen-bond acceptors (Lipinski definition) is 4. The maximum atomic E-state index is 11.2. The molecule has 0 amide bonds. The van der Waals surface area contributed by atoms with Crippen LogP contribution >= 0.6 is 0 Å². The molecule has 0 fully saturated rings. The number of aromatic nitrogens is 2. The summed E-state index contributed by atoms with van der Waals surface area (Å²) in [6, 6.07) is -0.425. The molecule has 0 unspecified atom stereocenters. The lowest BCUT2D eigenvalue weighted by Crippen LogP contribution is -2.38. The summed E-state index contributed by atoms with van der Waals surface area (Å²) in [5, 5.41) is 0. The highest BCUT2D eigenvalue weighted by Gasteiger charge is 2.19. The summed E-state index contributed by atoms with van der Waals surface area (Å²) < 4.78 is 4.85. The normalized spacial score (nSPS) is 12.9. The zero-order chi connectivity index (χ0) is 9.84. The van der Waals surface area contributed by atoms with Gasteiger partial charge in [0.25, 0.3) is 0 Å². The van der Waals surface area contributed by atoms with Crippen LogP contribution in [0.3, 0.4) is 0 Å². The molecule has 0 aromatic carbocycles. The minimum absolute atomic E-state index is 0.0578. The van der Waals surface area contributed by atoms with E-state index in [-0.39, 0.29) is 11.9 Å². The quantitative estimate of drug-likeness (QED) is 0.660. The molecular formula is C8H13N3O2. The number of aromatic amines is 1. The Kier molecular flexibility index (Phi) is 3.02. The van der Waals surface area contributed by atoms with Crippen molar-refractivity contribution in [1.29, 1.82) is 0 Å². The highest BCUT2D eigenvalue weighted by atomic mass is 16.5. The molecular weight excluding hydrogens is 170 g/mol. The topological polar surface area (TPSA) is 81.0 Å². The fourth-order valence-corrected chi connectivity index (χ4v) is 0.742. The van der Waals surface area contributed by atoms with Crippen LogP contribution in [0.25, 0.3) is 0 Å². The van der Waals surface area contributed by atoms with Gasteiger partial charge in [-0.05, 0) is 5.92 Å². The van der Waals surface area contributed by atoms with Crippen LogP contribution in [0.2, 0.25) is 0 Å². The third-order valence-electron chi connectivity index (χ3n) is 1.66. The van der Waals surface area contributed by atoms with Gasteiger partial charge in [-0.15, -0.1) is 0 Å². The lowest BCUT2D eigenvalue weighted by molar-refractivity contribution is -0.137. The molecule has 1 aromatic rings. The van der Waals surface area contributed by atoms with E-state index in [2.05, 4.69) is 9.97 Å². The first-order chi connectivity index (χ1) is 6.11. The number of nitrogens with one attached hydrogen (secondary N) is 1. The van der Waals surface area contributed by atoms with Crippen molar-refractivity contribution in [3.05, 3.63) is 12.4 Å². The first-order valence-electron chi connectivity index (χ1n) is 4.08. The second kappa shape index (κ2) is 4.04. The van der Waals surface area contributed by atoms with Crippen LogP contribution < -0.4 is 10.5 Å². The first kappa shape index (κ1) is 9.73. The summed E-state index contributed by atoms with van der Waals surface area (Å²) in [6.45, 7) is 3.71. The molecule has 1 rings (SSSR count). The minimum atomic E-state index is -0.606. The Morgan fingerprint density at radius 1 is 1.69 bits per heavy atom. The first-order valence-corrected chi connectivity index (χ1v) is 4.08. The highest BCUT2D eigenvalue weighted by molar-refractivity contribution is 5.77. The van der Waals surface area contributed by atoms with Gasteiger partial charge >= 0.3 is 12.0 Å². The summed E-state index contributed by atoms with van der Waals surface area (Å²) in [4.78, 5) is 17.6. The number of carbonyl (C=O) groups is 1. The second-order valence-corrected chi connectivity index (χ2v) is 3.09. The predicted octanol–water partition coefficient (Wildman–Crippen LogP) is 0.298. The lowest BCUT2D eigenvalue weighted by atomic mass is 10.1. The van der Waals surface area contributed by atoms with Gasteiger partial charge in [-0.25, -0.2) is 9.78 Å². The Morgan fingerprint density at radius 3 is 2.85 bits per heavy atom. The minimum Gasteiger partial charge on any atom is -0.391 e. The van der Waals surface area contributed by atoms with E-state index in [1.165, 1.54) is 6.20 Å². The third-order valence-corrected chi connectivity index (χ3v) is 1.66. The van der Waals surface area contributed by atoms with Crippen LogP contribution in [0.5, 0.6) is 6.01 Å². The predicted molar refractivity (Wildman–Crippen MR) is 47.0 cm³/mol. The number of imidazole rings is 1. The molecule has 0 spiro atoms. The number of hydrogen-bond donors (Lipinski definition) is 2. The molecule has 0 aliphatic carbocycles. The van der Waals surface area contributed by atoms with E-state index in [1.807, 2.05) is 13.8 Å². The lowest BCUT2D eigenvalue weighted by Gasteiger charge is -2.12. The SMILES string of the molecule is CC(C)[C@H](N)C(=O)Oc1ncc[nH]1. The summed E-state index contributed by atoms with van der Waals surface area (Å²) in [7, 11) is 0. The largest absolute Gasteiger partial charge is 0.391 e. The molecule has 0 aliphatic rings. The third kappa shape index (κ3) is 2.55. The van der Waals surface area contributed by atoms with E-state index in [1.54, 1.807) is 6.20 Å². The number of carbonyl (C=O) groups excluding carboxylic acids is 1. The van der Waals surface area contributed by atoms with Crippen LogP contribution in [0.1, 0.15) is 13.8 Å². The monoisotopic (exact) mass is 183 g/mol. The maximum absolute atomic E-state index is 11.2. The van der Waals surface area contributed by atoms with Crippen molar-refractivity contribution in [1.82, 2.24) is 9.97 Å². The van der Waals surface area contributed by atoms with Crippen molar-refractivity contribution in [2.24, 2.45) is 11.7 Å². The Labute approximate surface area is 76.3 Å². The molecule has 0 bridgehead atoms. The van der Waals surface area contributed by atoms with Crippen LogP contribution in [-0.4, -0.2) is 22.0 Å². The molecule has 13 heavy (non-hydrogen) atoms. The summed E-state index contributed by atoms with van der Waals surface area (Å²) in [5.74, 6) is -0.410.